The lowest BCUT2D eigenvalue weighted by atomic mass is 10.0. The summed E-state index contributed by atoms with van der Waals surface area (Å²) < 4.78 is 17.8. The van der Waals surface area contributed by atoms with Crippen molar-refractivity contribution in [2.45, 2.75) is 50.9 Å². The fourth-order valence-electron chi connectivity index (χ4n) is 2.86. The molecule has 0 spiro atoms. The standard InChI is InChI=1S/C17H21N5O4.2H2O/c1-3-11(2)25-16(23)24-9-17(8-18)7-6-14(26-17)12-4-5-13-15(19)20-10-21-22(12)13;;/h4-5,10-11,14H,3,6-7,9H2,1-2H3,(H2,19,20,21);2*1H2/t11?,14?,17-;;/m1../s1. The normalized spacial score (nSPS) is 21.8. The fourth-order valence-corrected chi connectivity index (χ4v) is 2.86. The van der Waals surface area contributed by atoms with Crippen LogP contribution in [-0.2, 0) is 14.2 Å². The van der Waals surface area contributed by atoms with E-state index in [1.165, 1.54) is 6.33 Å². The van der Waals surface area contributed by atoms with Gasteiger partial charge in [-0.2, -0.15) is 10.4 Å². The minimum Gasteiger partial charge on any atom is -0.431 e. The van der Waals surface area contributed by atoms with E-state index in [2.05, 4.69) is 16.2 Å². The zero-order valence-corrected chi connectivity index (χ0v) is 15.7. The van der Waals surface area contributed by atoms with Gasteiger partial charge in [0.05, 0.1) is 5.69 Å². The molecule has 1 aliphatic heterocycles. The van der Waals surface area contributed by atoms with Gasteiger partial charge in [0, 0.05) is 0 Å². The summed E-state index contributed by atoms with van der Waals surface area (Å²) in [6.45, 7) is 3.49. The Morgan fingerprint density at radius 2 is 2.29 bits per heavy atom. The molecule has 0 amide bonds. The molecule has 0 aromatic carbocycles. The number of carbonyl (C=O) groups excluding carboxylic acids is 1. The molecule has 1 aliphatic rings. The molecule has 1 fully saturated rings. The third-order valence-corrected chi connectivity index (χ3v) is 4.52. The quantitative estimate of drug-likeness (QED) is 0.716. The number of nitriles is 1. The molecule has 0 saturated carbocycles. The van der Waals surface area contributed by atoms with Crippen LogP contribution in [0.2, 0.25) is 0 Å². The Balaban J connectivity index is 0.00000196. The lowest BCUT2D eigenvalue weighted by molar-refractivity contribution is -0.0595. The maximum absolute atomic E-state index is 11.7. The summed E-state index contributed by atoms with van der Waals surface area (Å²) in [7, 11) is 0. The number of nitrogens with two attached hydrogens (primary N) is 1. The Morgan fingerprint density at radius 3 is 2.96 bits per heavy atom. The van der Waals surface area contributed by atoms with Crippen LogP contribution in [0.1, 0.15) is 44.9 Å². The Morgan fingerprint density at radius 1 is 1.54 bits per heavy atom. The van der Waals surface area contributed by atoms with E-state index < -0.39 is 11.8 Å². The summed E-state index contributed by atoms with van der Waals surface area (Å²) >= 11 is 0. The number of aromatic nitrogens is 3. The zero-order valence-electron chi connectivity index (χ0n) is 15.7. The number of rotatable bonds is 5. The highest BCUT2D eigenvalue weighted by Gasteiger charge is 2.43. The highest BCUT2D eigenvalue weighted by atomic mass is 16.7. The van der Waals surface area contributed by atoms with E-state index in [4.69, 9.17) is 19.9 Å². The second-order valence-corrected chi connectivity index (χ2v) is 6.33. The van der Waals surface area contributed by atoms with Crippen LogP contribution in [0, 0.1) is 11.3 Å². The first-order chi connectivity index (χ1) is 12.5. The average molecular weight is 395 g/mol. The van der Waals surface area contributed by atoms with E-state index >= 15 is 0 Å². The molecule has 0 radical (unpaired) electrons. The first kappa shape index (κ1) is 23.1. The van der Waals surface area contributed by atoms with Crippen LogP contribution in [0.3, 0.4) is 0 Å². The predicted octanol–water partition coefficient (Wildman–Crippen LogP) is 0.728. The molecule has 11 nitrogen and oxygen atoms in total. The summed E-state index contributed by atoms with van der Waals surface area (Å²) in [6.07, 6.45) is 1.67. The van der Waals surface area contributed by atoms with Gasteiger partial charge in [0.1, 0.15) is 36.7 Å². The van der Waals surface area contributed by atoms with Crippen molar-refractivity contribution in [1.82, 2.24) is 14.6 Å². The Kier molecular flexibility index (Phi) is 7.69. The van der Waals surface area contributed by atoms with Gasteiger partial charge in [-0.3, -0.25) is 0 Å². The van der Waals surface area contributed by atoms with Crippen molar-refractivity contribution in [2.75, 3.05) is 12.3 Å². The number of fused-ring (bicyclic) bond motifs is 1. The van der Waals surface area contributed by atoms with E-state index in [1.807, 2.05) is 13.0 Å². The lowest BCUT2D eigenvalue weighted by Crippen LogP contribution is -2.34. The van der Waals surface area contributed by atoms with Gasteiger partial charge in [0.25, 0.3) is 0 Å². The highest BCUT2D eigenvalue weighted by molar-refractivity contribution is 5.65. The maximum atomic E-state index is 11.7. The van der Waals surface area contributed by atoms with E-state index in [0.717, 1.165) is 5.69 Å². The molecule has 2 unspecified atom stereocenters. The van der Waals surface area contributed by atoms with Crippen LogP contribution in [-0.4, -0.2) is 50.0 Å². The van der Waals surface area contributed by atoms with Crippen molar-refractivity contribution in [3.05, 3.63) is 24.2 Å². The van der Waals surface area contributed by atoms with Gasteiger partial charge in [0.2, 0.25) is 0 Å². The van der Waals surface area contributed by atoms with E-state index in [0.29, 0.717) is 30.6 Å². The number of nitrogens with zero attached hydrogens (tertiary/aromatic N) is 4. The van der Waals surface area contributed by atoms with Crippen molar-refractivity contribution < 1.29 is 30.0 Å². The van der Waals surface area contributed by atoms with Crippen LogP contribution >= 0.6 is 0 Å². The SMILES string of the molecule is CCC(C)OC(=O)OC[C@]1(C#N)CCC(c2ccc3c(N)ncnn23)O1.O.O. The molecule has 2 aromatic rings. The Bertz CT molecular complexity index is 850. The van der Waals surface area contributed by atoms with Crippen LogP contribution in [0.15, 0.2) is 18.5 Å². The molecule has 3 atom stereocenters. The van der Waals surface area contributed by atoms with Gasteiger partial charge < -0.3 is 30.9 Å². The lowest BCUT2D eigenvalue weighted by Gasteiger charge is -2.22. The molecule has 11 heteroatoms. The minimum absolute atomic E-state index is 0. The number of carbonyl (C=O) groups is 1. The smallest absolute Gasteiger partial charge is 0.431 e. The van der Waals surface area contributed by atoms with Crippen molar-refractivity contribution in [3.63, 3.8) is 0 Å². The largest absolute Gasteiger partial charge is 0.508 e. The van der Waals surface area contributed by atoms with E-state index in [1.54, 1.807) is 17.5 Å². The van der Waals surface area contributed by atoms with Gasteiger partial charge >= 0.3 is 6.16 Å². The topological polar surface area (TPSA) is 188 Å². The molecule has 3 rings (SSSR count). The second-order valence-electron chi connectivity index (χ2n) is 6.33. The number of anilines is 1. The second kappa shape index (κ2) is 9.32. The first-order valence-corrected chi connectivity index (χ1v) is 8.48. The molecule has 3 heterocycles. The average Bonchev–Trinajstić information content (AvgIpc) is 3.25. The molecule has 6 N–H and O–H groups in total. The van der Waals surface area contributed by atoms with Crippen LogP contribution in [0.5, 0.6) is 0 Å². The summed E-state index contributed by atoms with van der Waals surface area (Å²) in [5.41, 5.74) is 6.08. The van der Waals surface area contributed by atoms with E-state index in [-0.39, 0.29) is 29.8 Å². The first-order valence-electron chi connectivity index (χ1n) is 8.48. The van der Waals surface area contributed by atoms with E-state index in [9.17, 15) is 10.1 Å². The monoisotopic (exact) mass is 395 g/mol. The zero-order chi connectivity index (χ0) is 18.7. The van der Waals surface area contributed by atoms with Crippen LogP contribution in [0.4, 0.5) is 10.6 Å². The van der Waals surface area contributed by atoms with Crippen molar-refractivity contribution in [1.29, 1.82) is 5.26 Å². The van der Waals surface area contributed by atoms with Gasteiger partial charge in [-0.25, -0.2) is 14.3 Å². The predicted molar refractivity (Wildman–Crippen MR) is 98.2 cm³/mol. The van der Waals surface area contributed by atoms with Crippen LogP contribution < -0.4 is 5.73 Å². The molecular formula is C17H25N5O6. The number of ether oxygens (including phenoxy) is 3. The molecule has 28 heavy (non-hydrogen) atoms. The van der Waals surface area contributed by atoms with Crippen molar-refractivity contribution in [3.8, 4) is 6.07 Å². The van der Waals surface area contributed by atoms with Gasteiger partial charge in [-0.1, -0.05) is 6.92 Å². The minimum atomic E-state index is -1.21. The molecule has 0 bridgehead atoms. The molecule has 0 aliphatic carbocycles. The third-order valence-electron chi connectivity index (χ3n) is 4.52. The number of hydrogen-bond donors (Lipinski definition) is 1. The molecule has 1 saturated heterocycles. The number of nitrogen functional groups attached to an aromatic ring is 1. The maximum Gasteiger partial charge on any atom is 0.508 e. The Labute approximate surface area is 161 Å². The molecular weight excluding hydrogens is 370 g/mol. The summed E-state index contributed by atoms with van der Waals surface area (Å²) in [4.78, 5) is 15.7. The van der Waals surface area contributed by atoms with Crippen molar-refractivity contribution >= 4 is 17.5 Å². The van der Waals surface area contributed by atoms with Gasteiger partial charge in [-0.15, -0.1) is 0 Å². The summed E-state index contributed by atoms with van der Waals surface area (Å²) in [6, 6.07) is 5.78. The van der Waals surface area contributed by atoms with Gasteiger partial charge in [-0.05, 0) is 38.3 Å². The van der Waals surface area contributed by atoms with Gasteiger partial charge in [0.15, 0.2) is 11.4 Å². The Hall–Kier alpha value is -2.94. The highest BCUT2D eigenvalue weighted by Crippen LogP contribution is 2.40. The summed E-state index contributed by atoms with van der Waals surface area (Å²) in [5.74, 6) is 0.368. The summed E-state index contributed by atoms with van der Waals surface area (Å²) in [5, 5.41) is 13.8. The molecule has 154 valence electrons. The number of hydrogen-bond acceptors (Lipinski definition) is 8. The third kappa shape index (κ3) is 4.48. The van der Waals surface area contributed by atoms with Crippen LogP contribution in [0.25, 0.3) is 5.52 Å². The fraction of sp³-hybridized carbons (Fsp3) is 0.529. The molecule has 2 aromatic heterocycles. The van der Waals surface area contributed by atoms with Crippen molar-refractivity contribution in [2.24, 2.45) is 0 Å².